The zero-order valence-electron chi connectivity index (χ0n) is 19.4. The minimum absolute atomic E-state index is 0.0918. The van der Waals surface area contributed by atoms with Crippen molar-refractivity contribution in [2.45, 2.75) is 102 Å². The number of carbonyl (C=O) groups excluding carboxylic acids is 2. The standard InChI is InChI=1S/C20H37O13P/c1-3-4-5-6-7-8-9-14(22)32-13(10-30-12(2)21)11-31-34(28,29)33-20-18(26)16(24)15(23)17(25)19(20)27/h13,15-20,23-27H,3-11H2,1-2H3,(H,28,29). The van der Waals surface area contributed by atoms with Crippen LogP contribution in [0.5, 0.6) is 0 Å². The molecule has 0 amide bonds. The molecule has 6 N–H and O–H groups in total. The van der Waals surface area contributed by atoms with Crippen molar-refractivity contribution < 1.29 is 63.1 Å². The number of aliphatic hydroxyl groups is 5. The Morgan fingerprint density at radius 1 is 0.853 bits per heavy atom. The highest BCUT2D eigenvalue weighted by atomic mass is 31.2. The maximum absolute atomic E-state index is 12.3. The monoisotopic (exact) mass is 516 g/mol. The second-order valence-electron chi connectivity index (χ2n) is 8.22. The summed E-state index contributed by atoms with van der Waals surface area (Å²) in [6, 6.07) is 0. The van der Waals surface area contributed by atoms with Crippen LogP contribution < -0.4 is 0 Å². The zero-order chi connectivity index (χ0) is 25.9. The molecular weight excluding hydrogens is 479 g/mol. The summed E-state index contributed by atoms with van der Waals surface area (Å²) >= 11 is 0. The third-order valence-electron chi connectivity index (χ3n) is 5.26. The number of aliphatic hydroxyl groups excluding tert-OH is 5. The third-order valence-corrected chi connectivity index (χ3v) is 6.24. The van der Waals surface area contributed by atoms with Gasteiger partial charge in [0.25, 0.3) is 0 Å². The van der Waals surface area contributed by atoms with Gasteiger partial charge < -0.3 is 39.9 Å². The summed E-state index contributed by atoms with van der Waals surface area (Å²) in [5.41, 5.74) is 0. The summed E-state index contributed by atoms with van der Waals surface area (Å²) in [5, 5.41) is 48.8. The minimum Gasteiger partial charge on any atom is -0.462 e. The summed E-state index contributed by atoms with van der Waals surface area (Å²) in [4.78, 5) is 33.2. The number of phosphoric acid groups is 1. The fraction of sp³-hybridized carbons (Fsp3) is 0.900. The first-order valence-electron chi connectivity index (χ1n) is 11.3. The van der Waals surface area contributed by atoms with Gasteiger partial charge in [0.15, 0.2) is 6.10 Å². The van der Waals surface area contributed by atoms with Crippen molar-refractivity contribution in [2.24, 2.45) is 0 Å². The molecule has 1 aliphatic carbocycles. The fourth-order valence-corrected chi connectivity index (χ4v) is 4.28. The van der Waals surface area contributed by atoms with Crippen LogP contribution in [-0.4, -0.2) is 98.3 Å². The molecule has 0 bridgehead atoms. The maximum Gasteiger partial charge on any atom is 0.472 e. The Hall–Kier alpha value is -1.15. The molecule has 1 aliphatic rings. The topological polar surface area (TPSA) is 210 Å². The number of hydrogen-bond acceptors (Lipinski definition) is 12. The number of ether oxygens (including phenoxy) is 2. The Morgan fingerprint density at radius 2 is 1.38 bits per heavy atom. The highest BCUT2D eigenvalue weighted by Crippen LogP contribution is 2.47. The smallest absolute Gasteiger partial charge is 0.462 e. The van der Waals surface area contributed by atoms with Crippen LogP contribution in [0, 0.1) is 0 Å². The van der Waals surface area contributed by atoms with Crippen LogP contribution in [0.1, 0.15) is 58.8 Å². The van der Waals surface area contributed by atoms with Crippen molar-refractivity contribution >= 4 is 19.8 Å². The average molecular weight is 516 g/mol. The minimum atomic E-state index is -5.05. The van der Waals surface area contributed by atoms with Gasteiger partial charge in [0.05, 0.1) is 6.61 Å². The van der Waals surface area contributed by atoms with Crippen LogP contribution in [0.25, 0.3) is 0 Å². The first-order chi connectivity index (χ1) is 15.9. The van der Waals surface area contributed by atoms with E-state index in [2.05, 4.69) is 6.92 Å². The predicted octanol–water partition coefficient (Wildman–Crippen LogP) is -0.468. The molecule has 0 spiro atoms. The van der Waals surface area contributed by atoms with Gasteiger partial charge >= 0.3 is 19.8 Å². The fourth-order valence-electron chi connectivity index (χ4n) is 3.30. The van der Waals surface area contributed by atoms with Gasteiger partial charge in [0.1, 0.15) is 43.2 Å². The van der Waals surface area contributed by atoms with Gasteiger partial charge in [0, 0.05) is 13.3 Å². The first-order valence-corrected chi connectivity index (χ1v) is 12.8. The highest BCUT2D eigenvalue weighted by Gasteiger charge is 2.51. The summed E-state index contributed by atoms with van der Waals surface area (Å²) in [6.45, 7) is 2.01. The van der Waals surface area contributed by atoms with E-state index in [0.29, 0.717) is 6.42 Å². The Labute approximate surface area is 198 Å². The van der Waals surface area contributed by atoms with Crippen molar-refractivity contribution in [3.8, 4) is 0 Å². The maximum atomic E-state index is 12.3. The Balaban J connectivity index is 2.63. The lowest BCUT2D eigenvalue weighted by Crippen LogP contribution is -2.64. The summed E-state index contributed by atoms with van der Waals surface area (Å²) in [5.74, 6) is -1.31. The molecule has 0 aromatic rings. The molecule has 6 unspecified atom stereocenters. The lowest BCUT2D eigenvalue weighted by molar-refractivity contribution is -0.220. The van der Waals surface area contributed by atoms with Crippen LogP contribution in [0.4, 0.5) is 0 Å². The second-order valence-corrected chi connectivity index (χ2v) is 9.63. The van der Waals surface area contributed by atoms with Crippen LogP contribution in [0.3, 0.4) is 0 Å². The van der Waals surface area contributed by atoms with Crippen molar-refractivity contribution in [3.05, 3.63) is 0 Å². The number of esters is 2. The molecule has 200 valence electrons. The van der Waals surface area contributed by atoms with E-state index in [4.69, 9.17) is 18.5 Å². The van der Waals surface area contributed by atoms with E-state index in [1.807, 2.05) is 0 Å². The van der Waals surface area contributed by atoms with E-state index < -0.39 is 75.7 Å². The summed E-state index contributed by atoms with van der Waals surface area (Å²) in [6.07, 6.45) is -7.37. The molecular formula is C20H37O13P. The lowest BCUT2D eigenvalue weighted by Gasteiger charge is -2.41. The molecule has 0 aliphatic heterocycles. The lowest BCUT2D eigenvalue weighted by atomic mass is 9.85. The van der Waals surface area contributed by atoms with Gasteiger partial charge in [-0.3, -0.25) is 18.6 Å². The SMILES string of the molecule is CCCCCCCCC(=O)OC(COC(C)=O)COP(=O)(O)OC1C(O)C(O)C(O)C(O)C1O. The second kappa shape index (κ2) is 15.1. The van der Waals surface area contributed by atoms with E-state index in [-0.39, 0.29) is 6.42 Å². The van der Waals surface area contributed by atoms with Gasteiger partial charge in [0.2, 0.25) is 0 Å². The van der Waals surface area contributed by atoms with Crippen LogP contribution >= 0.6 is 7.82 Å². The van der Waals surface area contributed by atoms with Crippen molar-refractivity contribution in [3.63, 3.8) is 0 Å². The average Bonchev–Trinajstić information content (AvgIpc) is 2.78. The molecule has 0 heterocycles. The third kappa shape index (κ3) is 10.6. The molecule has 0 aromatic carbocycles. The summed E-state index contributed by atoms with van der Waals surface area (Å²) < 4.78 is 31.7. The number of hydrogen-bond donors (Lipinski definition) is 6. The van der Waals surface area contributed by atoms with Gasteiger partial charge in [-0.25, -0.2) is 4.57 Å². The molecule has 34 heavy (non-hydrogen) atoms. The molecule has 13 nitrogen and oxygen atoms in total. The number of unbranched alkanes of at least 4 members (excludes halogenated alkanes) is 5. The number of phosphoric ester groups is 1. The molecule has 1 rings (SSSR count). The van der Waals surface area contributed by atoms with Gasteiger partial charge in [-0.1, -0.05) is 39.0 Å². The molecule has 0 radical (unpaired) electrons. The van der Waals surface area contributed by atoms with Crippen molar-refractivity contribution in [1.82, 2.24) is 0 Å². The number of rotatable bonds is 15. The highest BCUT2D eigenvalue weighted by molar-refractivity contribution is 7.47. The van der Waals surface area contributed by atoms with Gasteiger partial charge in [-0.2, -0.15) is 0 Å². The van der Waals surface area contributed by atoms with Gasteiger partial charge in [-0.15, -0.1) is 0 Å². The van der Waals surface area contributed by atoms with Crippen LogP contribution in [0.2, 0.25) is 0 Å². The van der Waals surface area contributed by atoms with E-state index in [1.165, 1.54) is 0 Å². The van der Waals surface area contributed by atoms with E-state index in [0.717, 1.165) is 39.0 Å². The molecule has 1 saturated carbocycles. The molecule has 6 atom stereocenters. The van der Waals surface area contributed by atoms with E-state index >= 15 is 0 Å². The number of carbonyl (C=O) groups is 2. The zero-order valence-corrected chi connectivity index (χ0v) is 20.3. The quantitative estimate of drug-likeness (QED) is 0.0925. The first kappa shape index (κ1) is 30.9. The van der Waals surface area contributed by atoms with Gasteiger partial charge in [-0.05, 0) is 6.42 Å². The molecule has 0 aromatic heterocycles. The Bertz CT molecular complexity index is 659. The normalized spacial score (nSPS) is 29.8. The largest absolute Gasteiger partial charge is 0.472 e. The summed E-state index contributed by atoms with van der Waals surface area (Å²) in [7, 11) is -5.05. The Kier molecular flexibility index (Phi) is 13.7. The van der Waals surface area contributed by atoms with Crippen LogP contribution in [0.15, 0.2) is 0 Å². The van der Waals surface area contributed by atoms with Crippen molar-refractivity contribution in [2.75, 3.05) is 13.2 Å². The molecule has 0 saturated heterocycles. The molecule has 1 fully saturated rings. The Morgan fingerprint density at radius 3 is 1.94 bits per heavy atom. The molecule has 14 heteroatoms. The van der Waals surface area contributed by atoms with Crippen molar-refractivity contribution in [1.29, 1.82) is 0 Å². The van der Waals surface area contributed by atoms with Crippen LogP contribution in [-0.2, 0) is 32.7 Å². The predicted molar refractivity (Wildman–Crippen MR) is 115 cm³/mol. The van der Waals surface area contributed by atoms with E-state index in [1.54, 1.807) is 0 Å². The van der Waals surface area contributed by atoms with E-state index in [9.17, 15) is 44.6 Å².